The molecule has 0 aromatic rings. The van der Waals surface area contributed by atoms with Gasteiger partial charge in [-0.3, -0.25) is 0 Å². The molecule has 2 atom stereocenters. The van der Waals surface area contributed by atoms with E-state index in [-0.39, 0.29) is 0 Å². The number of nitrogens with one attached hydrogen (secondary N) is 1. The summed E-state index contributed by atoms with van der Waals surface area (Å²) in [6, 6.07) is 0. The first-order valence-corrected chi connectivity index (χ1v) is 4.56. The molecule has 6 nitrogen and oxygen atoms in total. The SMILES string of the molecule is CNP(=O)(O)O[P+](=O)O. The second-order valence-corrected chi connectivity index (χ2v) is 3.68. The van der Waals surface area contributed by atoms with Crippen LogP contribution in [0.4, 0.5) is 0 Å². The summed E-state index contributed by atoms with van der Waals surface area (Å²) >= 11 is 0. The van der Waals surface area contributed by atoms with Crippen molar-refractivity contribution in [3.05, 3.63) is 0 Å². The molecule has 0 amide bonds. The molecule has 8 heteroatoms. The molecular weight excluding hydrogens is 168 g/mol. The summed E-state index contributed by atoms with van der Waals surface area (Å²) in [6.07, 6.45) is 0. The van der Waals surface area contributed by atoms with E-state index >= 15 is 0 Å². The molecule has 0 bridgehead atoms. The molecule has 0 aliphatic heterocycles. The minimum Gasteiger partial charge on any atom is -0.310 e. The molecule has 9 heavy (non-hydrogen) atoms. The van der Waals surface area contributed by atoms with Crippen molar-refractivity contribution in [2.45, 2.75) is 0 Å². The Hall–Kier alpha value is 0.170. The zero-order chi connectivity index (χ0) is 7.49. The largest absolute Gasteiger partial charge is 0.704 e. The number of rotatable bonds is 3. The third-order valence-corrected chi connectivity index (χ3v) is 2.47. The van der Waals surface area contributed by atoms with Gasteiger partial charge in [0, 0.05) is 4.57 Å². The van der Waals surface area contributed by atoms with E-state index in [0.717, 1.165) is 7.05 Å². The molecule has 0 heterocycles. The van der Waals surface area contributed by atoms with Crippen LogP contribution in [-0.4, -0.2) is 16.8 Å². The highest BCUT2D eigenvalue weighted by molar-refractivity contribution is 7.57. The van der Waals surface area contributed by atoms with Gasteiger partial charge in [-0.05, 0) is 11.4 Å². The molecule has 2 unspecified atom stereocenters. The fourth-order valence-electron chi connectivity index (χ4n) is 0.136. The van der Waals surface area contributed by atoms with Gasteiger partial charge in [0.2, 0.25) is 0 Å². The average Bonchev–Trinajstić information content (AvgIpc) is 1.63. The summed E-state index contributed by atoms with van der Waals surface area (Å²) in [5.41, 5.74) is 0. The molecule has 0 rings (SSSR count). The summed E-state index contributed by atoms with van der Waals surface area (Å²) in [7, 11) is -5.89. The summed E-state index contributed by atoms with van der Waals surface area (Å²) < 4.78 is 23.7. The molecule has 0 fully saturated rings. The van der Waals surface area contributed by atoms with Gasteiger partial charge in [-0.2, -0.15) is 0 Å². The monoisotopic (exact) mass is 174 g/mol. The molecular formula is CH6NO5P2+. The van der Waals surface area contributed by atoms with Crippen molar-refractivity contribution in [2.75, 3.05) is 7.05 Å². The van der Waals surface area contributed by atoms with Crippen LogP contribution in [0.25, 0.3) is 0 Å². The van der Waals surface area contributed by atoms with Gasteiger partial charge in [0.25, 0.3) is 0 Å². The highest BCUT2D eigenvalue weighted by Gasteiger charge is 2.30. The number of hydrogen-bond donors (Lipinski definition) is 3. The molecule has 0 radical (unpaired) electrons. The Morgan fingerprint density at radius 2 is 2.22 bits per heavy atom. The van der Waals surface area contributed by atoms with Gasteiger partial charge in [0.05, 0.1) is 0 Å². The highest BCUT2D eigenvalue weighted by atomic mass is 31.2. The van der Waals surface area contributed by atoms with Crippen LogP contribution in [0.1, 0.15) is 0 Å². The minimum absolute atomic E-state index is 1.14. The fourth-order valence-corrected chi connectivity index (χ4v) is 1.22. The van der Waals surface area contributed by atoms with Gasteiger partial charge in [-0.25, -0.2) is 9.65 Å². The smallest absolute Gasteiger partial charge is 0.310 e. The van der Waals surface area contributed by atoms with Crippen molar-refractivity contribution < 1.29 is 23.2 Å². The summed E-state index contributed by atoms with van der Waals surface area (Å²) in [6.45, 7) is 0. The van der Waals surface area contributed by atoms with Crippen molar-refractivity contribution >= 4 is 16.0 Å². The Morgan fingerprint density at radius 1 is 1.78 bits per heavy atom. The van der Waals surface area contributed by atoms with E-state index in [1.165, 1.54) is 0 Å². The minimum atomic E-state index is -4.01. The van der Waals surface area contributed by atoms with Gasteiger partial charge >= 0.3 is 16.0 Å². The maximum absolute atomic E-state index is 10.3. The van der Waals surface area contributed by atoms with Crippen molar-refractivity contribution in [3.63, 3.8) is 0 Å². The van der Waals surface area contributed by atoms with E-state index < -0.39 is 16.0 Å². The average molecular weight is 174 g/mol. The van der Waals surface area contributed by atoms with E-state index in [9.17, 15) is 9.13 Å². The molecule has 54 valence electrons. The first-order valence-electron chi connectivity index (χ1n) is 1.85. The van der Waals surface area contributed by atoms with Crippen LogP contribution in [0.5, 0.6) is 0 Å². The lowest BCUT2D eigenvalue weighted by molar-refractivity contribution is 0.342. The molecule has 0 aromatic carbocycles. The molecule has 0 aliphatic rings. The van der Waals surface area contributed by atoms with E-state index in [2.05, 4.69) is 4.31 Å². The van der Waals surface area contributed by atoms with Crippen LogP contribution in [0, 0.1) is 0 Å². The second kappa shape index (κ2) is 3.37. The molecule has 0 saturated carbocycles. The van der Waals surface area contributed by atoms with Crippen molar-refractivity contribution in [2.24, 2.45) is 0 Å². The van der Waals surface area contributed by atoms with Crippen LogP contribution in [-0.2, 0) is 13.4 Å². The van der Waals surface area contributed by atoms with Crippen molar-refractivity contribution in [1.82, 2.24) is 5.09 Å². The van der Waals surface area contributed by atoms with Gasteiger partial charge in [0.15, 0.2) is 0 Å². The first kappa shape index (κ1) is 9.17. The maximum atomic E-state index is 10.3. The van der Waals surface area contributed by atoms with Crippen LogP contribution in [0.2, 0.25) is 0 Å². The molecule has 0 saturated heterocycles. The predicted molar refractivity (Wildman–Crippen MR) is 29.8 cm³/mol. The fraction of sp³-hybridized carbons (Fsp3) is 1.00. The third-order valence-electron chi connectivity index (χ3n) is 0.463. The quantitative estimate of drug-likeness (QED) is 0.520. The normalized spacial score (nSPS) is 18.8. The van der Waals surface area contributed by atoms with E-state index in [1.807, 2.05) is 5.09 Å². The van der Waals surface area contributed by atoms with Crippen molar-refractivity contribution in [1.29, 1.82) is 0 Å². The van der Waals surface area contributed by atoms with Gasteiger partial charge < -0.3 is 4.89 Å². The van der Waals surface area contributed by atoms with E-state index in [4.69, 9.17) is 9.79 Å². The van der Waals surface area contributed by atoms with Crippen LogP contribution in [0.15, 0.2) is 0 Å². The van der Waals surface area contributed by atoms with E-state index in [0.29, 0.717) is 0 Å². The first-order chi connectivity index (χ1) is 3.98. The third kappa shape index (κ3) is 4.66. The van der Waals surface area contributed by atoms with Gasteiger partial charge in [0.1, 0.15) is 0 Å². The molecule has 0 spiro atoms. The van der Waals surface area contributed by atoms with Crippen molar-refractivity contribution in [3.8, 4) is 0 Å². The van der Waals surface area contributed by atoms with Crippen LogP contribution >= 0.6 is 16.0 Å². The van der Waals surface area contributed by atoms with Crippen LogP contribution < -0.4 is 5.09 Å². The topological polar surface area (TPSA) is 95.9 Å². The Bertz CT molecular complexity index is 155. The van der Waals surface area contributed by atoms with E-state index in [1.54, 1.807) is 0 Å². The lowest BCUT2D eigenvalue weighted by atomic mass is 11.6. The summed E-state index contributed by atoms with van der Waals surface area (Å²) in [5, 5.41) is 1.82. The molecule has 3 N–H and O–H groups in total. The predicted octanol–water partition coefficient (Wildman–Crippen LogP) is -0.0275. The molecule has 0 aromatic heterocycles. The Labute approximate surface area is 52.4 Å². The Kier molecular flexibility index (Phi) is 3.43. The molecule has 0 aliphatic carbocycles. The maximum Gasteiger partial charge on any atom is 0.704 e. The lowest BCUT2D eigenvalue weighted by Crippen LogP contribution is -2.01. The standard InChI is InChI=1S/CH5NO5P2/c1-2-9(5,6)7-8(3)4/h1H3,(H2-,2,3,4,5,6)/p+1. The second-order valence-electron chi connectivity index (χ2n) is 1.06. The lowest BCUT2D eigenvalue weighted by Gasteiger charge is -1.96. The van der Waals surface area contributed by atoms with Gasteiger partial charge in [-0.15, -0.1) is 4.89 Å². The Morgan fingerprint density at radius 3 is 2.33 bits per heavy atom. The van der Waals surface area contributed by atoms with Crippen LogP contribution in [0.3, 0.4) is 0 Å². The zero-order valence-electron chi connectivity index (χ0n) is 4.51. The number of hydrogen-bond acceptors (Lipinski definition) is 3. The summed E-state index contributed by atoms with van der Waals surface area (Å²) in [5.74, 6) is 0. The van der Waals surface area contributed by atoms with Gasteiger partial charge in [-0.1, -0.05) is 0 Å². The zero-order valence-corrected chi connectivity index (χ0v) is 6.30. The Balaban J connectivity index is 3.88. The highest BCUT2D eigenvalue weighted by Crippen LogP contribution is 2.44. The summed E-state index contributed by atoms with van der Waals surface area (Å²) in [4.78, 5) is 16.3.